The molecule has 2 aromatic heterocycles. The van der Waals surface area contributed by atoms with Crippen LogP contribution in [0, 0.1) is 0 Å². The van der Waals surface area contributed by atoms with Crippen molar-refractivity contribution in [2.75, 3.05) is 10.6 Å². The van der Waals surface area contributed by atoms with E-state index in [0.29, 0.717) is 34.7 Å². The van der Waals surface area contributed by atoms with Crippen molar-refractivity contribution in [1.82, 2.24) is 24.9 Å². The number of hydrogen-bond acceptors (Lipinski definition) is 7. The average molecular weight is 432 g/mol. The number of aromatic nitrogens is 4. The second kappa shape index (κ2) is 8.07. The molecule has 164 valence electrons. The number of carbonyl (C=O) groups excluding carboxylic acids is 2. The van der Waals surface area contributed by atoms with E-state index >= 15 is 0 Å². The van der Waals surface area contributed by atoms with Crippen molar-refractivity contribution in [3.8, 4) is 0 Å². The summed E-state index contributed by atoms with van der Waals surface area (Å²) >= 11 is 0. The highest BCUT2D eigenvalue weighted by molar-refractivity contribution is 6.15. The zero-order valence-corrected chi connectivity index (χ0v) is 18.1. The molecule has 1 aromatic carbocycles. The summed E-state index contributed by atoms with van der Waals surface area (Å²) in [4.78, 5) is 32.9. The number of fused-ring (bicyclic) bond motifs is 1. The topological polar surface area (TPSA) is 113 Å². The van der Waals surface area contributed by atoms with E-state index in [4.69, 9.17) is 0 Å². The molecule has 9 nitrogen and oxygen atoms in total. The first-order valence-corrected chi connectivity index (χ1v) is 10.9. The minimum atomic E-state index is -0.373. The number of aryl methyl sites for hydroxylation is 1. The van der Waals surface area contributed by atoms with Crippen LogP contribution in [0.4, 0.5) is 11.9 Å². The Hall–Kier alpha value is -3.75. The van der Waals surface area contributed by atoms with Gasteiger partial charge in [-0.15, -0.1) is 0 Å². The fraction of sp³-hybridized carbons (Fsp3) is 0.348. The van der Waals surface area contributed by atoms with Crippen LogP contribution >= 0.6 is 0 Å². The van der Waals surface area contributed by atoms with E-state index in [2.05, 4.69) is 69.1 Å². The monoisotopic (exact) mass is 431 g/mol. The average Bonchev–Trinajstić information content (AvgIpc) is 3.42. The van der Waals surface area contributed by atoms with Crippen molar-refractivity contribution in [1.29, 1.82) is 0 Å². The van der Waals surface area contributed by atoms with Crippen molar-refractivity contribution in [2.24, 2.45) is 0 Å². The van der Waals surface area contributed by atoms with Crippen molar-refractivity contribution in [3.63, 3.8) is 0 Å². The summed E-state index contributed by atoms with van der Waals surface area (Å²) < 4.78 is 1.64. The van der Waals surface area contributed by atoms with E-state index < -0.39 is 0 Å². The van der Waals surface area contributed by atoms with E-state index in [0.717, 1.165) is 24.8 Å². The minimum absolute atomic E-state index is 0.0000819. The van der Waals surface area contributed by atoms with Crippen molar-refractivity contribution in [2.45, 2.75) is 51.6 Å². The maximum absolute atomic E-state index is 12.0. The smallest absolute Gasteiger partial charge is 0.254 e. The molecule has 1 saturated heterocycles. The molecular weight excluding hydrogens is 406 g/mol. The molecule has 1 aliphatic heterocycles. The van der Waals surface area contributed by atoms with Gasteiger partial charge in [0.05, 0.1) is 18.7 Å². The van der Waals surface area contributed by atoms with Gasteiger partial charge in [0.1, 0.15) is 0 Å². The van der Waals surface area contributed by atoms with Gasteiger partial charge in [-0.05, 0) is 43.4 Å². The van der Waals surface area contributed by atoms with Crippen LogP contribution in [-0.2, 0) is 16.0 Å². The summed E-state index contributed by atoms with van der Waals surface area (Å²) in [6.45, 7) is 4.20. The van der Waals surface area contributed by atoms with E-state index in [1.54, 1.807) is 16.8 Å². The third-order valence-electron chi connectivity index (χ3n) is 5.76. The number of carbonyl (C=O) groups is 2. The van der Waals surface area contributed by atoms with E-state index in [1.807, 2.05) is 0 Å². The lowest BCUT2D eigenvalue weighted by Gasteiger charge is -2.16. The van der Waals surface area contributed by atoms with Crippen LogP contribution in [0.2, 0.25) is 0 Å². The Morgan fingerprint density at radius 2 is 2.00 bits per heavy atom. The van der Waals surface area contributed by atoms with Gasteiger partial charge in [0.2, 0.25) is 17.8 Å². The summed E-state index contributed by atoms with van der Waals surface area (Å²) in [6, 6.07) is 8.87. The van der Waals surface area contributed by atoms with Gasteiger partial charge in [0.25, 0.3) is 5.91 Å². The molecule has 1 atom stereocenters. The third-order valence-corrected chi connectivity index (χ3v) is 5.76. The molecule has 2 amide bonds. The first-order valence-electron chi connectivity index (χ1n) is 10.9. The normalized spacial score (nSPS) is 18.2. The lowest BCUT2D eigenvalue weighted by molar-refractivity contribution is -0.124. The molecule has 0 spiro atoms. The number of hydrogen-bond donors (Lipinski definition) is 3. The van der Waals surface area contributed by atoms with Gasteiger partial charge in [-0.3, -0.25) is 14.9 Å². The molecule has 9 heteroatoms. The minimum Gasteiger partial charge on any atom is -0.351 e. The quantitative estimate of drug-likeness (QED) is 0.389. The van der Waals surface area contributed by atoms with Crippen LogP contribution in [0.5, 0.6) is 0 Å². The molecule has 1 unspecified atom stereocenters. The van der Waals surface area contributed by atoms with Gasteiger partial charge in [0.15, 0.2) is 5.65 Å². The Balaban J connectivity index is 1.49. The maximum atomic E-state index is 12.0. The second-order valence-corrected chi connectivity index (χ2v) is 8.31. The first-order chi connectivity index (χ1) is 15.5. The lowest BCUT2D eigenvalue weighted by Crippen LogP contribution is -2.19. The maximum Gasteiger partial charge on any atom is 0.254 e. The number of rotatable bonds is 7. The van der Waals surface area contributed by atoms with Gasteiger partial charge >= 0.3 is 0 Å². The molecule has 3 N–H and O–H groups in total. The summed E-state index contributed by atoms with van der Waals surface area (Å²) in [6.07, 6.45) is 6.56. The number of amides is 2. The molecule has 32 heavy (non-hydrogen) atoms. The Morgan fingerprint density at radius 1 is 1.22 bits per heavy atom. The molecule has 3 aromatic rings. The van der Waals surface area contributed by atoms with Gasteiger partial charge in [-0.25, -0.2) is 0 Å². The third kappa shape index (κ3) is 4.05. The fourth-order valence-electron chi connectivity index (χ4n) is 3.69. The zero-order chi connectivity index (χ0) is 22.2. The molecule has 1 saturated carbocycles. The summed E-state index contributed by atoms with van der Waals surface area (Å²) in [7, 11) is 0. The van der Waals surface area contributed by atoms with Crippen molar-refractivity contribution in [3.05, 3.63) is 52.7 Å². The predicted octanol–water partition coefficient (Wildman–Crippen LogP) is 2.86. The van der Waals surface area contributed by atoms with Gasteiger partial charge in [-0.2, -0.15) is 19.6 Å². The first kappa shape index (κ1) is 20.2. The number of nitrogens with one attached hydrogen (secondary N) is 3. The fourth-order valence-corrected chi connectivity index (χ4v) is 3.69. The largest absolute Gasteiger partial charge is 0.351 e. The molecule has 5 rings (SSSR count). The lowest BCUT2D eigenvalue weighted by atomic mass is 10.1. The Morgan fingerprint density at radius 3 is 2.66 bits per heavy atom. The van der Waals surface area contributed by atoms with Crippen molar-refractivity contribution < 1.29 is 9.59 Å². The van der Waals surface area contributed by atoms with Gasteiger partial charge in [0, 0.05) is 17.2 Å². The number of anilines is 2. The highest BCUT2D eigenvalue weighted by Crippen LogP contribution is 2.27. The predicted molar refractivity (Wildman–Crippen MR) is 121 cm³/mol. The molecule has 3 heterocycles. The van der Waals surface area contributed by atoms with E-state index in [9.17, 15) is 9.59 Å². The summed E-state index contributed by atoms with van der Waals surface area (Å²) in [5.41, 5.74) is 4.06. The highest BCUT2D eigenvalue weighted by atomic mass is 16.2. The Kier molecular flexibility index (Phi) is 5.08. The van der Waals surface area contributed by atoms with E-state index in [1.165, 1.54) is 5.56 Å². The number of benzene rings is 1. The number of nitrogens with zero attached hydrogens (tertiary/aromatic N) is 4. The number of imide groups is 1. The molecular formula is C23H25N7O2. The van der Waals surface area contributed by atoms with Crippen LogP contribution in [0.1, 0.15) is 55.8 Å². The Bertz CT molecular complexity index is 1230. The standard InChI is InChI=1S/C23H25N7O2/c1-3-14-4-6-15(7-5-14)13(2)25-22-28-20-17(10-16-11-19(31)27-21(16)32)12-24-30(20)23(29-22)26-18-8-9-18/h4-7,10,12-13,18H,3,8-9,11H2,1-2H3,(H,27,31,32)(H2,25,26,28,29)/b16-10+. The Labute approximate surface area is 185 Å². The van der Waals surface area contributed by atoms with E-state index in [-0.39, 0.29) is 24.3 Å². The van der Waals surface area contributed by atoms with Gasteiger partial charge < -0.3 is 10.6 Å². The summed E-state index contributed by atoms with van der Waals surface area (Å²) in [5.74, 6) is 0.404. The van der Waals surface area contributed by atoms with Crippen LogP contribution in [0.15, 0.2) is 36.0 Å². The zero-order valence-electron chi connectivity index (χ0n) is 18.1. The van der Waals surface area contributed by atoms with Crippen LogP contribution < -0.4 is 16.0 Å². The molecule has 1 aliphatic carbocycles. The molecule has 2 fully saturated rings. The summed E-state index contributed by atoms with van der Waals surface area (Å²) in [5, 5.41) is 13.5. The molecule has 0 bridgehead atoms. The highest BCUT2D eigenvalue weighted by Gasteiger charge is 2.26. The van der Waals surface area contributed by atoms with Gasteiger partial charge in [-0.1, -0.05) is 31.2 Å². The van der Waals surface area contributed by atoms with Crippen LogP contribution in [-0.4, -0.2) is 37.4 Å². The molecule has 0 radical (unpaired) electrons. The SMILES string of the molecule is CCc1ccc(C(C)Nc2nc(NC3CC3)n3ncc(/C=C4\CC(=O)NC4=O)c3n2)cc1. The molecule has 2 aliphatic rings. The van der Waals surface area contributed by atoms with Crippen LogP contribution in [0.25, 0.3) is 11.7 Å². The second-order valence-electron chi connectivity index (χ2n) is 8.31. The van der Waals surface area contributed by atoms with Crippen molar-refractivity contribution >= 4 is 35.4 Å². The van der Waals surface area contributed by atoms with Crippen LogP contribution in [0.3, 0.4) is 0 Å².